The lowest BCUT2D eigenvalue weighted by Crippen LogP contribution is -2.22. The van der Waals surface area contributed by atoms with E-state index in [1.54, 1.807) is 24.4 Å². The minimum Gasteiger partial charge on any atom is -0.399 e. The highest BCUT2D eigenvalue weighted by molar-refractivity contribution is 6.31. The smallest absolute Gasteiger partial charge is 0.253 e. The number of rotatable bonds is 3. The third-order valence-corrected chi connectivity index (χ3v) is 3.72. The quantitative estimate of drug-likeness (QED) is 0.649. The Morgan fingerprint density at radius 2 is 2.05 bits per heavy atom. The van der Waals surface area contributed by atoms with Crippen molar-refractivity contribution in [2.45, 2.75) is 6.54 Å². The number of aromatic nitrogens is 1. The summed E-state index contributed by atoms with van der Waals surface area (Å²) in [5, 5.41) is 4.37. The Morgan fingerprint density at radius 1 is 1.24 bits per heavy atom. The van der Waals surface area contributed by atoms with Crippen LogP contribution in [0.15, 0.2) is 48.7 Å². The number of nitrogens with two attached hydrogens (primary N) is 1. The standard InChI is InChI=1S/C16H14ClN3O/c17-14-4-2-1-3-10(14)8-20-16(21)13-9-19-15-7-11(18)5-6-12(13)15/h1-7,9,19H,8,18H2,(H,20,21). The second-order valence-corrected chi connectivity index (χ2v) is 5.19. The number of halogens is 1. The first-order chi connectivity index (χ1) is 10.1. The number of fused-ring (bicyclic) bond motifs is 1. The van der Waals surface area contributed by atoms with Crippen molar-refractivity contribution < 1.29 is 4.79 Å². The van der Waals surface area contributed by atoms with E-state index in [9.17, 15) is 4.79 Å². The van der Waals surface area contributed by atoms with Crippen LogP contribution >= 0.6 is 11.6 Å². The molecule has 1 amide bonds. The molecule has 0 saturated carbocycles. The number of amides is 1. The molecule has 0 aliphatic carbocycles. The van der Waals surface area contributed by atoms with Gasteiger partial charge in [-0.15, -0.1) is 0 Å². The van der Waals surface area contributed by atoms with Crippen LogP contribution in [-0.4, -0.2) is 10.9 Å². The van der Waals surface area contributed by atoms with Crippen molar-refractivity contribution in [3.63, 3.8) is 0 Å². The molecule has 1 aromatic heterocycles. The lowest BCUT2D eigenvalue weighted by Gasteiger charge is -2.06. The number of carbonyl (C=O) groups excluding carboxylic acids is 1. The maximum Gasteiger partial charge on any atom is 0.253 e. The number of hydrogen-bond donors (Lipinski definition) is 3. The van der Waals surface area contributed by atoms with Crippen LogP contribution in [-0.2, 0) is 6.54 Å². The van der Waals surface area contributed by atoms with Crippen molar-refractivity contribution in [2.75, 3.05) is 5.73 Å². The predicted octanol–water partition coefficient (Wildman–Crippen LogP) is 3.33. The molecule has 0 bridgehead atoms. The van der Waals surface area contributed by atoms with Crippen LogP contribution in [0.4, 0.5) is 5.69 Å². The monoisotopic (exact) mass is 299 g/mol. The molecule has 21 heavy (non-hydrogen) atoms. The molecule has 4 nitrogen and oxygen atoms in total. The summed E-state index contributed by atoms with van der Waals surface area (Å²) < 4.78 is 0. The number of H-pyrrole nitrogens is 1. The summed E-state index contributed by atoms with van der Waals surface area (Å²) in [5.74, 6) is -0.147. The van der Waals surface area contributed by atoms with Gasteiger partial charge in [-0.1, -0.05) is 29.8 Å². The number of aromatic amines is 1. The van der Waals surface area contributed by atoms with E-state index in [0.29, 0.717) is 22.8 Å². The van der Waals surface area contributed by atoms with E-state index >= 15 is 0 Å². The molecule has 0 radical (unpaired) electrons. The molecule has 0 aliphatic rings. The average Bonchev–Trinajstić information content (AvgIpc) is 2.89. The lowest BCUT2D eigenvalue weighted by molar-refractivity contribution is 0.0952. The van der Waals surface area contributed by atoms with Gasteiger partial charge in [0.05, 0.1) is 5.56 Å². The highest BCUT2D eigenvalue weighted by Gasteiger charge is 2.12. The van der Waals surface area contributed by atoms with Crippen LogP contribution in [0.25, 0.3) is 10.9 Å². The van der Waals surface area contributed by atoms with E-state index in [-0.39, 0.29) is 5.91 Å². The third-order valence-electron chi connectivity index (χ3n) is 3.35. The van der Waals surface area contributed by atoms with Crippen LogP contribution in [0.3, 0.4) is 0 Å². The van der Waals surface area contributed by atoms with Crippen molar-refractivity contribution in [2.24, 2.45) is 0 Å². The van der Waals surface area contributed by atoms with Crippen LogP contribution in [0.1, 0.15) is 15.9 Å². The van der Waals surface area contributed by atoms with Gasteiger partial charge in [0.1, 0.15) is 0 Å². The molecule has 0 saturated heterocycles. The van der Waals surface area contributed by atoms with E-state index in [2.05, 4.69) is 10.3 Å². The fourth-order valence-electron chi connectivity index (χ4n) is 2.24. The van der Waals surface area contributed by atoms with E-state index < -0.39 is 0 Å². The summed E-state index contributed by atoms with van der Waals surface area (Å²) in [5.41, 5.74) is 8.71. The maximum absolute atomic E-state index is 12.3. The number of nitrogen functional groups attached to an aromatic ring is 1. The average molecular weight is 300 g/mol. The molecular formula is C16H14ClN3O. The SMILES string of the molecule is Nc1ccc2c(C(=O)NCc3ccccc3Cl)c[nH]c2c1. The van der Waals surface area contributed by atoms with E-state index in [0.717, 1.165) is 16.5 Å². The Kier molecular flexibility index (Phi) is 3.54. The third kappa shape index (κ3) is 2.71. The molecule has 0 aliphatic heterocycles. The van der Waals surface area contributed by atoms with Gasteiger partial charge in [-0.2, -0.15) is 0 Å². The normalized spacial score (nSPS) is 10.7. The molecule has 4 N–H and O–H groups in total. The van der Waals surface area contributed by atoms with Gasteiger partial charge in [0.15, 0.2) is 0 Å². The summed E-state index contributed by atoms with van der Waals surface area (Å²) in [4.78, 5) is 15.3. The summed E-state index contributed by atoms with van der Waals surface area (Å²) >= 11 is 6.07. The predicted molar refractivity (Wildman–Crippen MR) is 85.3 cm³/mol. The molecular weight excluding hydrogens is 286 g/mol. The molecule has 3 aromatic rings. The Labute approximate surface area is 126 Å². The fraction of sp³-hybridized carbons (Fsp3) is 0.0625. The van der Waals surface area contributed by atoms with Crippen LogP contribution in [0.5, 0.6) is 0 Å². The lowest BCUT2D eigenvalue weighted by atomic mass is 10.1. The first kappa shape index (κ1) is 13.5. The molecule has 0 spiro atoms. The van der Waals surface area contributed by atoms with Gasteiger partial charge in [-0.25, -0.2) is 0 Å². The zero-order chi connectivity index (χ0) is 14.8. The molecule has 3 rings (SSSR count). The summed E-state index contributed by atoms with van der Waals surface area (Å²) in [6.07, 6.45) is 1.69. The minimum absolute atomic E-state index is 0.147. The molecule has 106 valence electrons. The van der Waals surface area contributed by atoms with Crippen LogP contribution < -0.4 is 11.1 Å². The number of anilines is 1. The number of carbonyl (C=O) groups is 1. The van der Waals surface area contributed by atoms with Crippen molar-refractivity contribution in [3.8, 4) is 0 Å². The van der Waals surface area contributed by atoms with Crippen LogP contribution in [0, 0.1) is 0 Å². The molecule has 2 aromatic carbocycles. The number of hydrogen-bond acceptors (Lipinski definition) is 2. The van der Waals surface area contributed by atoms with Gasteiger partial charge in [0.25, 0.3) is 5.91 Å². The Balaban J connectivity index is 1.80. The Hall–Kier alpha value is -2.46. The van der Waals surface area contributed by atoms with Crippen molar-refractivity contribution in [3.05, 3.63) is 64.8 Å². The minimum atomic E-state index is -0.147. The molecule has 5 heteroatoms. The van der Waals surface area contributed by atoms with Gasteiger partial charge in [0.2, 0.25) is 0 Å². The summed E-state index contributed by atoms with van der Waals surface area (Å²) in [7, 11) is 0. The first-order valence-corrected chi connectivity index (χ1v) is 6.91. The van der Waals surface area contributed by atoms with Crippen molar-refractivity contribution in [1.82, 2.24) is 10.3 Å². The highest BCUT2D eigenvalue weighted by Crippen LogP contribution is 2.21. The van der Waals surface area contributed by atoms with Crippen LogP contribution in [0.2, 0.25) is 5.02 Å². The van der Waals surface area contributed by atoms with Crippen molar-refractivity contribution >= 4 is 34.1 Å². The van der Waals surface area contributed by atoms with Gasteiger partial charge < -0.3 is 16.0 Å². The van der Waals surface area contributed by atoms with E-state index in [1.807, 2.05) is 24.3 Å². The summed E-state index contributed by atoms with van der Waals surface area (Å²) in [6.45, 7) is 0.389. The molecule has 0 fully saturated rings. The van der Waals surface area contributed by atoms with Gasteiger partial charge in [-0.05, 0) is 29.8 Å². The van der Waals surface area contributed by atoms with E-state index in [1.165, 1.54) is 0 Å². The largest absolute Gasteiger partial charge is 0.399 e. The summed E-state index contributed by atoms with van der Waals surface area (Å²) in [6, 6.07) is 12.9. The molecule has 0 atom stereocenters. The second kappa shape index (κ2) is 5.50. The second-order valence-electron chi connectivity index (χ2n) is 4.78. The first-order valence-electron chi connectivity index (χ1n) is 6.53. The van der Waals surface area contributed by atoms with Gasteiger partial charge in [0, 0.05) is 34.4 Å². The van der Waals surface area contributed by atoms with Crippen molar-refractivity contribution in [1.29, 1.82) is 0 Å². The van der Waals surface area contributed by atoms with E-state index in [4.69, 9.17) is 17.3 Å². The molecule has 1 heterocycles. The number of nitrogens with one attached hydrogen (secondary N) is 2. The zero-order valence-electron chi connectivity index (χ0n) is 11.2. The zero-order valence-corrected chi connectivity index (χ0v) is 11.9. The Bertz CT molecular complexity index is 810. The Morgan fingerprint density at radius 3 is 2.86 bits per heavy atom. The molecule has 0 unspecified atom stereocenters. The topological polar surface area (TPSA) is 70.9 Å². The van der Waals surface area contributed by atoms with Gasteiger partial charge in [-0.3, -0.25) is 4.79 Å². The fourth-order valence-corrected chi connectivity index (χ4v) is 2.45. The van der Waals surface area contributed by atoms with Gasteiger partial charge >= 0.3 is 0 Å². The highest BCUT2D eigenvalue weighted by atomic mass is 35.5. The maximum atomic E-state index is 12.3. The number of benzene rings is 2.